The quantitative estimate of drug-likeness (QED) is 0.153. The molecule has 0 spiro atoms. The fraction of sp³-hybridized carbons (Fsp3) is 0.833. The topological polar surface area (TPSA) is 61.8 Å². The van der Waals surface area contributed by atoms with Crippen LogP contribution in [0.2, 0.25) is 0 Å². The first kappa shape index (κ1) is 26.1. The average Bonchev–Trinajstić information content (AvgIpc) is 2.56. The Labute approximate surface area is 160 Å². The van der Waals surface area contributed by atoms with Gasteiger partial charge in [-0.3, -0.25) is 9.36 Å². The number of unbranched alkanes of at least 4 members (excludes halogenated alkanes) is 3. The molecule has 0 saturated heterocycles. The molecule has 0 amide bonds. The van der Waals surface area contributed by atoms with Gasteiger partial charge in [0, 0.05) is 12.0 Å². The first-order valence-corrected chi connectivity index (χ1v) is 11.1. The zero-order valence-electron chi connectivity index (χ0n) is 16.6. The molecular formula is C18H32F3O5P. The number of carbonyl (C=O) groups is 1. The minimum absolute atomic E-state index is 0.00127. The Kier molecular flexibility index (Phi) is 12.9. The van der Waals surface area contributed by atoms with Crippen molar-refractivity contribution >= 4 is 13.6 Å². The van der Waals surface area contributed by atoms with E-state index in [4.69, 9.17) is 13.8 Å². The highest BCUT2D eigenvalue weighted by Gasteiger charge is 2.46. The van der Waals surface area contributed by atoms with Crippen LogP contribution in [-0.4, -0.2) is 37.6 Å². The van der Waals surface area contributed by atoms with Crippen LogP contribution in [0, 0.1) is 5.92 Å². The van der Waals surface area contributed by atoms with E-state index >= 15 is 0 Å². The molecule has 0 bridgehead atoms. The Morgan fingerprint density at radius 1 is 1.00 bits per heavy atom. The van der Waals surface area contributed by atoms with E-state index in [0.717, 1.165) is 25.3 Å². The molecule has 0 aromatic heterocycles. The third-order valence-electron chi connectivity index (χ3n) is 3.82. The van der Waals surface area contributed by atoms with Crippen LogP contribution in [0.15, 0.2) is 12.2 Å². The van der Waals surface area contributed by atoms with Crippen molar-refractivity contribution < 1.29 is 36.3 Å². The van der Waals surface area contributed by atoms with E-state index in [-0.39, 0.29) is 32.3 Å². The van der Waals surface area contributed by atoms with Gasteiger partial charge in [0.25, 0.3) is 0 Å². The molecule has 0 aromatic rings. The third-order valence-corrected chi connectivity index (χ3v) is 6.33. The lowest BCUT2D eigenvalue weighted by molar-refractivity contribution is -0.144. The van der Waals surface area contributed by atoms with Gasteiger partial charge >= 0.3 is 19.7 Å². The number of carbonyl (C=O) groups excluding carboxylic acids is 1. The molecule has 0 N–H and O–H groups in total. The molecule has 0 fully saturated rings. The van der Waals surface area contributed by atoms with Crippen LogP contribution in [-0.2, 0) is 23.1 Å². The Morgan fingerprint density at radius 3 is 2.04 bits per heavy atom. The first-order valence-electron chi connectivity index (χ1n) is 9.46. The molecule has 2 atom stereocenters. The molecule has 0 aromatic carbocycles. The predicted molar refractivity (Wildman–Crippen MR) is 98.7 cm³/mol. The van der Waals surface area contributed by atoms with Crippen molar-refractivity contribution in [2.75, 3.05) is 19.8 Å². The summed E-state index contributed by atoms with van der Waals surface area (Å²) in [5, 5.41) is 0. The van der Waals surface area contributed by atoms with Gasteiger partial charge in [0.2, 0.25) is 0 Å². The second kappa shape index (κ2) is 13.3. The third kappa shape index (κ3) is 10.3. The normalized spacial score (nSPS) is 15.1. The summed E-state index contributed by atoms with van der Waals surface area (Å²) in [6, 6.07) is 0. The van der Waals surface area contributed by atoms with Crippen LogP contribution < -0.4 is 0 Å². The SMILES string of the molecule is CCCCCCC(/C=C/C(F)(F)F)C(C(=O)OCC)P(=O)(OCC)OCC. The van der Waals surface area contributed by atoms with Crippen LogP contribution in [0.4, 0.5) is 13.2 Å². The van der Waals surface area contributed by atoms with Gasteiger partial charge in [-0.1, -0.05) is 38.7 Å². The monoisotopic (exact) mass is 416 g/mol. The number of allylic oxidation sites excluding steroid dienone is 2. The molecule has 5 nitrogen and oxygen atoms in total. The molecule has 9 heteroatoms. The molecular weight excluding hydrogens is 384 g/mol. The van der Waals surface area contributed by atoms with E-state index < -0.39 is 31.3 Å². The van der Waals surface area contributed by atoms with E-state index in [1.165, 1.54) is 0 Å². The summed E-state index contributed by atoms with van der Waals surface area (Å²) in [6.45, 7) is 6.76. The highest BCUT2D eigenvalue weighted by atomic mass is 31.2. The highest BCUT2D eigenvalue weighted by molar-refractivity contribution is 7.55. The van der Waals surface area contributed by atoms with E-state index in [1.54, 1.807) is 20.8 Å². The number of alkyl halides is 3. The molecule has 160 valence electrons. The number of halogens is 3. The molecule has 0 aliphatic carbocycles. The second-order valence-corrected chi connectivity index (χ2v) is 8.14. The lowest BCUT2D eigenvalue weighted by Crippen LogP contribution is -2.33. The summed E-state index contributed by atoms with van der Waals surface area (Å²) in [5.41, 5.74) is -1.43. The van der Waals surface area contributed by atoms with Gasteiger partial charge < -0.3 is 13.8 Å². The first-order chi connectivity index (χ1) is 12.6. The average molecular weight is 416 g/mol. The van der Waals surface area contributed by atoms with Crippen LogP contribution in [0.25, 0.3) is 0 Å². The minimum atomic E-state index is -4.54. The van der Waals surface area contributed by atoms with Gasteiger partial charge in [0.05, 0.1) is 19.8 Å². The Morgan fingerprint density at radius 2 is 1.59 bits per heavy atom. The smallest absolute Gasteiger partial charge is 0.409 e. The van der Waals surface area contributed by atoms with Crippen LogP contribution in [0.3, 0.4) is 0 Å². The molecule has 27 heavy (non-hydrogen) atoms. The van der Waals surface area contributed by atoms with E-state index in [9.17, 15) is 22.5 Å². The molecule has 0 aliphatic rings. The minimum Gasteiger partial charge on any atom is -0.465 e. The van der Waals surface area contributed by atoms with Gasteiger partial charge in [-0.2, -0.15) is 13.2 Å². The second-order valence-electron chi connectivity index (χ2n) is 5.99. The Hall–Kier alpha value is -0.850. The Bertz CT molecular complexity index is 484. The highest BCUT2D eigenvalue weighted by Crippen LogP contribution is 2.57. The van der Waals surface area contributed by atoms with Crippen molar-refractivity contribution in [1.82, 2.24) is 0 Å². The molecule has 0 radical (unpaired) electrons. The van der Waals surface area contributed by atoms with Gasteiger partial charge in [-0.05, 0) is 27.2 Å². The van der Waals surface area contributed by atoms with Crippen LogP contribution >= 0.6 is 7.60 Å². The van der Waals surface area contributed by atoms with Gasteiger partial charge in [-0.25, -0.2) is 0 Å². The van der Waals surface area contributed by atoms with Crippen LogP contribution in [0.5, 0.6) is 0 Å². The zero-order valence-corrected chi connectivity index (χ0v) is 17.5. The summed E-state index contributed by atoms with van der Waals surface area (Å²) in [4.78, 5) is 12.5. The van der Waals surface area contributed by atoms with Crippen molar-refractivity contribution in [1.29, 1.82) is 0 Å². The number of ether oxygens (including phenoxy) is 1. The number of hydrogen-bond acceptors (Lipinski definition) is 5. The van der Waals surface area contributed by atoms with Crippen molar-refractivity contribution in [3.05, 3.63) is 12.2 Å². The molecule has 2 unspecified atom stereocenters. The fourth-order valence-corrected chi connectivity index (χ4v) is 4.89. The lowest BCUT2D eigenvalue weighted by Gasteiger charge is -2.29. The molecule has 0 heterocycles. The van der Waals surface area contributed by atoms with Crippen molar-refractivity contribution in [2.45, 2.75) is 71.6 Å². The lowest BCUT2D eigenvalue weighted by atomic mass is 9.96. The maximum absolute atomic E-state index is 13.2. The van der Waals surface area contributed by atoms with Gasteiger partial charge in [0.15, 0.2) is 5.66 Å². The largest absolute Gasteiger partial charge is 0.465 e. The number of hydrogen-bond donors (Lipinski definition) is 0. The summed E-state index contributed by atoms with van der Waals surface area (Å²) in [5.74, 6) is -1.83. The van der Waals surface area contributed by atoms with Crippen molar-refractivity contribution in [3.63, 3.8) is 0 Å². The maximum atomic E-state index is 13.2. The van der Waals surface area contributed by atoms with Crippen molar-refractivity contribution in [2.24, 2.45) is 5.92 Å². The van der Waals surface area contributed by atoms with Crippen LogP contribution in [0.1, 0.15) is 59.8 Å². The summed E-state index contributed by atoms with van der Waals surface area (Å²) in [7, 11) is -4.00. The molecule has 0 aliphatic heterocycles. The number of rotatable bonds is 14. The predicted octanol–water partition coefficient (Wildman–Crippen LogP) is 5.89. The number of esters is 1. The summed E-state index contributed by atoms with van der Waals surface area (Å²) in [6.07, 6.45) is -0.0492. The standard InChI is InChI=1S/C18H32F3O5P/c1-5-9-10-11-12-15(13-14-18(19,20)21)16(17(22)24-6-2)27(23,25-7-3)26-8-4/h13-16H,5-12H2,1-4H3/b14-13+. The van der Waals surface area contributed by atoms with E-state index in [1.807, 2.05) is 6.92 Å². The van der Waals surface area contributed by atoms with Crippen molar-refractivity contribution in [3.8, 4) is 0 Å². The van der Waals surface area contributed by atoms with Gasteiger partial charge in [-0.15, -0.1) is 0 Å². The van der Waals surface area contributed by atoms with E-state index in [0.29, 0.717) is 6.42 Å². The van der Waals surface area contributed by atoms with E-state index in [2.05, 4.69) is 0 Å². The molecule has 0 saturated carbocycles. The Balaban J connectivity index is 5.86. The molecule has 0 rings (SSSR count). The summed E-state index contributed by atoms with van der Waals surface area (Å²) >= 11 is 0. The van der Waals surface area contributed by atoms with Gasteiger partial charge in [0.1, 0.15) is 0 Å². The summed E-state index contributed by atoms with van der Waals surface area (Å²) < 4.78 is 66.9. The fourth-order valence-electron chi connectivity index (χ4n) is 2.72. The zero-order chi connectivity index (χ0) is 20.9. The maximum Gasteiger partial charge on any atom is 0.409 e.